The van der Waals surface area contributed by atoms with Gasteiger partial charge in [-0.25, -0.2) is 4.79 Å². The van der Waals surface area contributed by atoms with E-state index in [0.717, 1.165) is 16.0 Å². The molecule has 1 aliphatic heterocycles. The Kier molecular flexibility index (Phi) is 7.06. The second-order valence-electron chi connectivity index (χ2n) is 8.34. The summed E-state index contributed by atoms with van der Waals surface area (Å²) in [5.74, 6) is -0.497. The lowest BCUT2D eigenvalue weighted by Gasteiger charge is -2.37. The molecule has 158 valence electrons. The molecule has 0 unspecified atom stereocenters. The molecular formula is C22H31N3O4. The van der Waals surface area contributed by atoms with E-state index in [2.05, 4.69) is 5.32 Å². The number of benzene rings is 1. The van der Waals surface area contributed by atoms with Gasteiger partial charge in [0.2, 0.25) is 11.8 Å². The molecule has 7 heteroatoms. The molecule has 2 rings (SSSR count). The van der Waals surface area contributed by atoms with Crippen LogP contribution >= 0.6 is 0 Å². The van der Waals surface area contributed by atoms with Crippen molar-refractivity contribution in [1.82, 2.24) is 15.1 Å². The molecule has 0 aromatic heterocycles. The van der Waals surface area contributed by atoms with Crippen molar-refractivity contribution >= 4 is 17.9 Å². The third-order valence-electron chi connectivity index (χ3n) is 5.09. The number of rotatable bonds is 6. The minimum Gasteiger partial charge on any atom is -0.465 e. The number of carbonyl (C=O) groups is 3. The Morgan fingerprint density at radius 2 is 1.76 bits per heavy atom. The van der Waals surface area contributed by atoms with Crippen molar-refractivity contribution in [2.24, 2.45) is 0 Å². The maximum absolute atomic E-state index is 12.6. The van der Waals surface area contributed by atoms with E-state index >= 15 is 0 Å². The van der Waals surface area contributed by atoms with Crippen molar-refractivity contribution in [2.75, 3.05) is 0 Å². The first-order valence-corrected chi connectivity index (χ1v) is 9.91. The van der Waals surface area contributed by atoms with Crippen LogP contribution in [-0.4, -0.2) is 50.4 Å². The van der Waals surface area contributed by atoms with Crippen LogP contribution in [0.5, 0.6) is 0 Å². The van der Waals surface area contributed by atoms with Crippen molar-refractivity contribution in [2.45, 2.75) is 71.8 Å². The smallest absolute Gasteiger partial charge is 0.408 e. The number of hydrogen-bond donors (Lipinski definition) is 2. The fraction of sp³-hybridized carbons (Fsp3) is 0.500. The van der Waals surface area contributed by atoms with Gasteiger partial charge in [-0.2, -0.15) is 0 Å². The highest BCUT2D eigenvalue weighted by atomic mass is 16.4. The SMILES string of the molecule is CC[C@@H](/C=C/C(=O)N1Cc2ccccc2C1)NC(=O)[C@H](C)N(C(=O)O)C(C)(C)C. The Bertz CT molecular complexity index is 772. The molecule has 2 N–H and O–H groups in total. The third kappa shape index (κ3) is 5.59. The maximum atomic E-state index is 12.6. The Labute approximate surface area is 172 Å². The monoisotopic (exact) mass is 401 g/mol. The van der Waals surface area contributed by atoms with Crippen molar-refractivity contribution in [3.63, 3.8) is 0 Å². The fourth-order valence-electron chi connectivity index (χ4n) is 3.53. The van der Waals surface area contributed by atoms with E-state index in [1.165, 1.54) is 6.08 Å². The summed E-state index contributed by atoms with van der Waals surface area (Å²) in [5, 5.41) is 12.3. The Morgan fingerprint density at radius 1 is 1.21 bits per heavy atom. The van der Waals surface area contributed by atoms with Gasteiger partial charge in [0.1, 0.15) is 6.04 Å². The summed E-state index contributed by atoms with van der Waals surface area (Å²) >= 11 is 0. The number of fused-ring (bicyclic) bond motifs is 1. The second kappa shape index (κ2) is 9.11. The maximum Gasteiger partial charge on any atom is 0.408 e. The van der Waals surface area contributed by atoms with Crippen molar-refractivity contribution in [1.29, 1.82) is 0 Å². The minimum atomic E-state index is -1.15. The fourth-order valence-corrected chi connectivity index (χ4v) is 3.53. The number of carbonyl (C=O) groups excluding carboxylic acids is 2. The topological polar surface area (TPSA) is 90.0 Å². The van der Waals surface area contributed by atoms with Gasteiger partial charge >= 0.3 is 6.09 Å². The number of hydrogen-bond acceptors (Lipinski definition) is 3. The molecule has 3 amide bonds. The van der Waals surface area contributed by atoms with Gasteiger partial charge in [-0.3, -0.25) is 14.5 Å². The summed E-state index contributed by atoms with van der Waals surface area (Å²) in [7, 11) is 0. The highest BCUT2D eigenvalue weighted by molar-refractivity contribution is 5.89. The summed E-state index contributed by atoms with van der Waals surface area (Å²) in [6.07, 6.45) is 2.61. The lowest BCUT2D eigenvalue weighted by atomic mass is 10.0. The summed E-state index contributed by atoms with van der Waals surface area (Å²) in [4.78, 5) is 39.6. The number of amides is 3. The van der Waals surface area contributed by atoms with Crippen LogP contribution < -0.4 is 5.32 Å². The van der Waals surface area contributed by atoms with Crippen LogP contribution in [0.25, 0.3) is 0 Å². The van der Waals surface area contributed by atoms with E-state index in [1.807, 2.05) is 31.2 Å². The van der Waals surface area contributed by atoms with Gasteiger partial charge in [-0.05, 0) is 45.2 Å². The summed E-state index contributed by atoms with van der Waals surface area (Å²) in [5.41, 5.74) is 1.60. The summed E-state index contributed by atoms with van der Waals surface area (Å²) < 4.78 is 0. The first-order chi connectivity index (χ1) is 13.5. The van der Waals surface area contributed by atoms with Crippen LogP contribution in [0.15, 0.2) is 36.4 Å². The van der Waals surface area contributed by atoms with E-state index in [0.29, 0.717) is 19.5 Å². The van der Waals surface area contributed by atoms with Crippen LogP contribution in [0, 0.1) is 0 Å². The van der Waals surface area contributed by atoms with Crippen molar-refractivity contribution in [3.8, 4) is 0 Å². The highest BCUT2D eigenvalue weighted by Gasteiger charge is 2.34. The zero-order valence-electron chi connectivity index (χ0n) is 17.8. The molecule has 1 heterocycles. The molecule has 7 nitrogen and oxygen atoms in total. The summed E-state index contributed by atoms with van der Waals surface area (Å²) in [6.45, 7) is 9.86. The van der Waals surface area contributed by atoms with E-state index in [1.54, 1.807) is 38.7 Å². The lowest BCUT2D eigenvalue weighted by molar-refractivity contribution is -0.128. The molecule has 1 aromatic carbocycles. The molecule has 29 heavy (non-hydrogen) atoms. The zero-order chi connectivity index (χ0) is 21.8. The zero-order valence-corrected chi connectivity index (χ0v) is 17.8. The molecule has 0 bridgehead atoms. The highest BCUT2D eigenvalue weighted by Crippen LogP contribution is 2.22. The first kappa shape index (κ1) is 22.5. The van der Waals surface area contributed by atoms with Crippen molar-refractivity contribution < 1.29 is 19.5 Å². The van der Waals surface area contributed by atoms with Gasteiger partial charge < -0.3 is 15.3 Å². The van der Waals surface area contributed by atoms with Crippen LogP contribution in [0.3, 0.4) is 0 Å². The average Bonchev–Trinajstić information content (AvgIpc) is 3.07. The molecule has 0 radical (unpaired) electrons. The van der Waals surface area contributed by atoms with Gasteiger partial charge in [-0.15, -0.1) is 0 Å². The largest absolute Gasteiger partial charge is 0.465 e. The quantitative estimate of drug-likeness (QED) is 0.717. The Morgan fingerprint density at radius 3 is 2.21 bits per heavy atom. The number of carboxylic acid groups (broad SMARTS) is 1. The Balaban J connectivity index is 1.98. The average molecular weight is 402 g/mol. The second-order valence-corrected chi connectivity index (χ2v) is 8.34. The van der Waals surface area contributed by atoms with Crippen LogP contribution in [0.2, 0.25) is 0 Å². The molecule has 0 saturated heterocycles. The molecule has 0 saturated carbocycles. The molecule has 0 spiro atoms. The standard InChI is InChI=1S/C22H31N3O4/c1-6-18(23-20(27)15(2)25(21(28)29)22(3,4)5)11-12-19(26)24-13-16-9-7-8-10-17(16)14-24/h7-12,15,18H,6,13-14H2,1-5H3,(H,23,27)(H,28,29)/b12-11+/t15-,18-/m0/s1. The molecular weight excluding hydrogens is 370 g/mol. The molecule has 1 aliphatic rings. The van der Waals surface area contributed by atoms with Gasteiger partial charge in [0.25, 0.3) is 0 Å². The normalized spacial score (nSPS) is 15.7. The first-order valence-electron chi connectivity index (χ1n) is 9.91. The van der Waals surface area contributed by atoms with E-state index in [4.69, 9.17) is 0 Å². The summed E-state index contributed by atoms with van der Waals surface area (Å²) in [6, 6.07) is 6.76. The predicted octanol–water partition coefficient (Wildman–Crippen LogP) is 3.15. The van der Waals surface area contributed by atoms with Gasteiger partial charge in [0.15, 0.2) is 0 Å². The van der Waals surface area contributed by atoms with E-state index in [9.17, 15) is 19.5 Å². The number of nitrogens with one attached hydrogen (secondary N) is 1. The third-order valence-corrected chi connectivity index (χ3v) is 5.09. The molecule has 1 aromatic rings. The molecule has 2 atom stereocenters. The van der Waals surface area contributed by atoms with Crippen molar-refractivity contribution in [3.05, 3.63) is 47.5 Å². The predicted molar refractivity (Wildman–Crippen MR) is 111 cm³/mol. The molecule has 0 aliphatic carbocycles. The Hall–Kier alpha value is -2.83. The van der Waals surface area contributed by atoms with Crippen LogP contribution in [0.4, 0.5) is 4.79 Å². The minimum absolute atomic E-state index is 0.108. The van der Waals surface area contributed by atoms with Gasteiger partial charge in [0, 0.05) is 30.7 Å². The number of nitrogens with zero attached hydrogens (tertiary/aromatic N) is 2. The van der Waals surface area contributed by atoms with Crippen LogP contribution in [-0.2, 0) is 22.7 Å². The van der Waals surface area contributed by atoms with Gasteiger partial charge in [0.05, 0.1) is 0 Å². The van der Waals surface area contributed by atoms with E-state index < -0.39 is 17.7 Å². The van der Waals surface area contributed by atoms with Crippen LogP contribution in [0.1, 0.15) is 52.2 Å². The van der Waals surface area contributed by atoms with Gasteiger partial charge in [-0.1, -0.05) is 37.3 Å². The van der Waals surface area contributed by atoms with E-state index in [-0.39, 0.29) is 17.9 Å². The lowest BCUT2D eigenvalue weighted by Crippen LogP contribution is -2.56. The molecule has 0 fully saturated rings.